The van der Waals surface area contributed by atoms with E-state index in [9.17, 15) is 43.2 Å². The van der Waals surface area contributed by atoms with E-state index in [2.05, 4.69) is 7.74 Å². The van der Waals surface area contributed by atoms with E-state index >= 15 is 0 Å². The fourth-order valence-electron chi connectivity index (χ4n) is 3.52. The van der Waals surface area contributed by atoms with Gasteiger partial charge in [0, 0.05) is 0 Å². The average molecular weight is 537 g/mol. The molecular formula is C16H14F6O6S2Si2. The van der Waals surface area contributed by atoms with Crippen LogP contribution in [0, 0.1) is 0 Å². The van der Waals surface area contributed by atoms with Gasteiger partial charge in [-0.2, -0.15) is 43.2 Å². The van der Waals surface area contributed by atoms with E-state index in [4.69, 9.17) is 0 Å². The molecule has 6 nitrogen and oxygen atoms in total. The summed E-state index contributed by atoms with van der Waals surface area (Å²) in [5.74, 6) is 0. The molecule has 0 aromatic heterocycles. The van der Waals surface area contributed by atoms with E-state index in [1.54, 1.807) is 13.1 Å². The Bertz CT molecular complexity index is 1170. The number of hydrogen-bond acceptors (Lipinski definition) is 6. The lowest BCUT2D eigenvalue weighted by molar-refractivity contribution is -0.0527. The van der Waals surface area contributed by atoms with Crippen LogP contribution in [0.4, 0.5) is 26.3 Å². The molecule has 2 aromatic carbocycles. The normalized spacial score (nSPS) is 18.0. The van der Waals surface area contributed by atoms with Gasteiger partial charge < -0.3 is 0 Å². The Kier molecular flexibility index (Phi) is 5.75. The van der Waals surface area contributed by atoms with Crippen molar-refractivity contribution in [2.75, 3.05) is 0 Å². The van der Waals surface area contributed by atoms with E-state index in [0.29, 0.717) is 0 Å². The van der Waals surface area contributed by atoms with Crippen molar-refractivity contribution in [1.29, 1.82) is 0 Å². The Morgan fingerprint density at radius 3 is 1.19 bits per heavy atom. The van der Waals surface area contributed by atoms with E-state index in [0.717, 1.165) is 12.1 Å². The number of hydrogen-bond donors (Lipinski definition) is 0. The lowest BCUT2D eigenvalue weighted by atomic mass is 10.3. The van der Waals surface area contributed by atoms with Gasteiger partial charge in [-0.25, -0.2) is 0 Å². The summed E-state index contributed by atoms with van der Waals surface area (Å²) in [7, 11) is -21.7. The highest BCUT2D eigenvalue weighted by atomic mass is 32.2. The standard InChI is InChI=1S/C16H14F6O6S2Si2/c1-31(2)11-7-3-5-9-13(11)32(14-10-6-4-8-12(14)31,27-29(23,24)15(17,18)19)28-30(25,26)16(20,21)22/h3-10H,1-2H3. The van der Waals surface area contributed by atoms with E-state index in [1.807, 2.05) is 0 Å². The zero-order valence-electron chi connectivity index (χ0n) is 16.2. The van der Waals surface area contributed by atoms with Crippen molar-refractivity contribution in [3.05, 3.63) is 48.5 Å². The fourth-order valence-corrected chi connectivity index (χ4v) is 16.0. The molecule has 0 fully saturated rings. The molecule has 1 aliphatic heterocycles. The molecule has 0 saturated carbocycles. The number of rotatable bonds is 4. The maximum absolute atomic E-state index is 13.2. The minimum absolute atomic E-state index is 0.195. The van der Waals surface area contributed by atoms with Gasteiger partial charge in [-0.15, -0.1) is 0 Å². The SMILES string of the molecule is C[Si]1(C)c2ccccc2[Si](OS(=O)(=O)C(F)(F)F)(OS(=O)(=O)C(F)(F)F)c2ccccc21. The summed E-state index contributed by atoms with van der Waals surface area (Å²) in [5, 5.41) is -0.507. The summed E-state index contributed by atoms with van der Waals surface area (Å²) in [6.07, 6.45) is 0. The minimum Gasteiger partial charge on any atom is -0.267 e. The Hall–Kier alpha value is -1.73. The predicted molar refractivity (Wildman–Crippen MR) is 107 cm³/mol. The van der Waals surface area contributed by atoms with Crippen molar-refractivity contribution < 1.29 is 50.9 Å². The number of alkyl halides is 6. The van der Waals surface area contributed by atoms with Gasteiger partial charge >= 0.3 is 39.8 Å². The highest BCUT2D eigenvalue weighted by molar-refractivity contribution is 7.90. The smallest absolute Gasteiger partial charge is 0.267 e. The van der Waals surface area contributed by atoms with Gasteiger partial charge in [0.05, 0.1) is 0 Å². The van der Waals surface area contributed by atoms with Crippen LogP contribution in [0.25, 0.3) is 0 Å². The van der Waals surface area contributed by atoms with Crippen molar-refractivity contribution >= 4 is 57.6 Å². The fraction of sp³-hybridized carbons (Fsp3) is 0.250. The van der Waals surface area contributed by atoms with Crippen molar-refractivity contribution in [3.8, 4) is 0 Å². The number of halogens is 6. The van der Waals surface area contributed by atoms with Gasteiger partial charge in [-0.1, -0.05) is 72.0 Å². The Morgan fingerprint density at radius 1 is 0.625 bits per heavy atom. The van der Waals surface area contributed by atoms with Crippen LogP contribution in [-0.4, -0.2) is 44.5 Å². The molecule has 0 amide bonds. The largest absolute Gasteiger partial charge is 0.522 e. The maximum Gasteiger partial charge on any atom is 0.522 e. The first-order valence-electron chi connectivity index (χ1n) is 8.61. The monoisotopic (exact) mass is 536 g/mol. The molecule has 0 atom stereocenters. The van der Waals surface area contributed by atoms with Crippen LogP contribution in [0.3, 0.4) is 0 Å². The van der Waals surface area contributed by atoms with Crippen LogP contribution in [0.5, 0.6) is 0 Å². The topological polar surface area (TPSA) is 86.7 Å². The third kappa shape index (κ3) is 3.81. The Morgan fingerprint density at radius 2 is 0.906 bits per heavy atom. The van der Waals surface area contributed by atoms with Gasteiger partial charge in [-0.05, 0) is 10.4 Å². The average Bonchev–Trinajstić information content (AvgIpc) is 2.64. The van der Waals surface area contributed by atoms with Crippen LogP contribution < -0.4 is 20.7 Å². The predicted octanol–water partition coefficient (Wildman–Crippen LogP) is 1.11. The van der Waals surface area contributed by atoms with Gasteiger partial charge in [0.1, 0.15) is 8.07 Å². The van der Waals surface area contributed by atoms with Crippen molar-refractivity contribution in [3.63, 3.8) is 0 Å². The summed E-state index contributed by atoms with van der Waals surface area (Å²) in [6.45, 7) is 3.44. The van der Waals surface area contributed by atoms with Gasteiger partial charge in [0.15, 0.2) is 0 Å². The molecule has 0 radical (unpaired) electrons. The zero-order valence-corrected chi connectivity index (χ0v) is 19.8. The first kappa shape index (κ1) is 24.9. The second kappa shape index (κ2) is 7.39. The first-order valence-corrected chi connectivity index (χ1v) is 16.2. The molecule has 176 valence electrons. The molecule has 0 unspecified atom stereocenters. The Balaban J connectivity index is 2.48. The van der Waals surface area contributed by atoms with E-state index < -0.39 is 58.3 Å². The van der Waals surface area contributed by atoms with Crippen molar-refractivity contribution in [2.24, 2.45) is 0 Å². The highest BCUT2D eigenvalue weighted by Crippen LogP contribution is 2.33. The van der Waals surface area contributed by atoms with Crippen LogP contribution in [0.2, 0.25) is 13.1 Å². The zero-order chi connectivity index (χ0) is 24.4. The first-order chi connectivity index (χ1) is 14.4. The minimum atomic E-state index is -6.58. The summed E-state index contributed by atoms with van der Waals surface area (Å²) >= 11 is 0. The molecule has 0 N–H and O–H groups in total. The third-order valence-corrected chi connectivity index (χ3v) is 16.1. The quantitative estimate of drug-likeness (QED) is 0.331. The van der Waals surface area contributed by atoms with Gasteiger partial charge in [-0.3, -0.25) is 7.74 Å². The van der Waals surface area contributed by atoms with Crippen molar-refractivity contribution in [2.45, 2.75) is 24.1 Å². The summed E-state index contributed by atoms with van der Waals surface area (Å²) in [6, 6.07) is 10.1. The molecule has 0 aliphatic carbocycles. The summed E-state index contributed by atoms with van der Waals surface area (Å²) < 4.78 is 136. The lowest BCUT2D eigenvalue weighted by Gasteiger charge is -2.42. The van der Waals surface area contributed by atoms with Crippen molar-refractivity contribution in [1.82, 2.24) is 0 Å². The molecule has 0 saturated heterocycles. The molecular weight excluding hydrogens is 522 g/mol. The van der Waals surface area contributed by atoms with Crippen LogP contribution >= 0.6 is 0 Å². The third-order valence-electron chi connectivity index (χ3n) is 4.93. The lowest BCUT2D eigenvalue weighted by Crippen LogP contribution is -2.82. The maximum atomic E-state index is 13.2. The number of fused-ring (bicyclic) bond motifs is 2. The molecule has 2 aromatic rings. The Labute approximate surface area is 181 Å². The van der Waals surface area contributed by atoms with Crippen LogP contribution in [0.15, 0.2) is 48.5 Å². The van der Waals surface area contributed by atoms with Crippen LogP contribution in [0.1, 0.15) is 0 Å². The molecule has 16 heteroatoms. The van der Waals surface area contributed by atoms with Crippen LogP contribution in [-0.2, 0) is 28.0 Å². The summed E-state index contributed by atoms with van der Waals surface area (Å²) in [5.41, 5.74) is -12.1. The second-order valence-electron chi connectivity index (χ2n) is 7.30. The second-order valence-corrected chi connectivity index (χ2v) is 18.0. The van der Waals surface area contributed by atoms with E-state index in [1.165, 1.54) is 36.4 Å². The molecule has 3 rings (SSSR count). The molecule has 1 aliphatic rings. The van der Waals surface area contributed by atoms with Gasteiger partial charge in [0.2, 0.25) is 0 Å². The highest BCUT2D eigenvalue weighted by Gasteiger charge is 2.65. The number of benzene rings is 2. The molecule has 32 heavy (non-hydrogen) atoms. The van der Waals surface area contributed by atoms with E-state index in [-0.39, 0.29) is 10.4 Å². The molecule has 0 bridgehead atoms. The molecule has 1 heterocycles. The molecule has 0 spiro atoms. The summed E-state index contributed by atoms with van der Waals surface area (Å²) in [4.78, 5) is 0. The van der Waals surface area contributed by atoms with Gasteiger partial charge in [0.25, 0.3) is 0 Å².